The average molecular weight is 465 g/mol. The van der Waals surface area contributed by atoms with E-state index >= 15 is 4.39 Å². The van der Waals surface area contributed by atoms with E-state index in [0.29, 0.717) is 23.0 Å². The molecule has 0 spiro atoms. The number of nitrogens with one attached hydrogen (secondary N) is 1. The number of allylic oxidation sites excluding steroid dienone is 4. The minimum Gasteiger partial charge on any atom is -0.434 e. The molecule has 1 fully saturated rings. The van der Waals surface area contributed by atoms with E-state index in [-0.39, 0.29) is 29.3 Å². The fraction of sp³-hybridized carbons (Fsp3) is 0.231. The number of rotatable bonds is 4. The molecule has 34 heavy (non-hydrogen) atoms. The molecule has 1 aliphatic carbocycles. The maximum absolute atomic E-state index is 15.0. The number of nitrogens with zero attached hydrogens (tertiary/aromatic N) is 3. The zero-order chi connectivity index (χ0) is 26.5. The highest BCUT2D eigenvalue weighted by Gasteiger charge is 2.36. The van der Waals surface area contributed by atoms with Crippen LogP contribution in [0.2, 0.25) is 0 Å². The van der Waals surface area contributed by atoms with E-state index < -0.39 is 31.2 Å². The average Bonchev–Trinajstić information content (AvgIpc) is 3.24. The van der Waals surface area contributed by atoms with Gasteiger partial charge in [-0.05, 0) is 54.9 Å². The third-order valence-corrected chi connectivity index (χ3v) is 6.29. The van der Waals surface area contributed by atoms with Gasteiger partial charge < -0.3 is 4.74 Å². The molecule has 2 atom stereocenters. The summed E-state index contributed by atoms with van der Waals surface area (Å²) in [6, 6.07) is 5.70. The first-order valence-corrected chi connectivity index (χ1v) is 10.6. The van der Waals surface area contributed by atoms with Crippen molar-refractivity contribution in [2.45, 2.75) is 19.1 Å². The first-order chi connectivity index (χ1) is 17.6. The van der Waals surface area contributed by atoms with Crippen molar-refractivity contribution in [1.82, 2.24) is 15.1 Å². The number of fused-ring (bicyclic) bond motifs is 2. The lowest BCUT2D eigenvalue weighted by Gasteiger charge is -2.40. The van der Waals surface area contributed by atoms with Crippen LogP contribution in [0.4, 0.5) is 18.9 Å². The van der Waals surface area contributed by atoms with Crippen LogP contribution in [0.5, 0.6) is 5.75 Å². The van der Waals surface area contributed by atoms with E-state index in [1.165, 1.54) is 29.2 Å². The molecule has 172 valence electrons. The molecule has 2 aromatic carbocycles. The summed E-state index contributed by atoms with van der Waals surface area (Å²) < 4.78 is 70.2. The number of piperidine rings is 1. The third kappa shape index (κ3) is 3.58. The number of halogens is 3. The van der Waals surface area contributed by atoms with Gasteiger partial charge in [0.25, 0.3) is 0 Å². The molecule has 0 saturated carbocycles. The van der Waals surface area contributed by atoms with Gasteiger partial charge in [0.2, 0.25) is 0 Å². The highest BCUT2D eigenvalue weighted by Crippen LogP contribution is 2.46. The molecule has 0 bridgehead atoms. The Balaban J connectivity index is 1.75. The molecule has 2 unspecified atom stereocenters. The number of alkyl halides is 2. The number of hydrogen-bond donors (Lipinski definition) is 1. The van der Waals surface area contributed by atoms with Crippen molar-refractivity contribution in [3.05, 3.63) is 89.2 Å². The van der Waals surface area contributed by atoms with E-state index in [1.807, 2.05) is 18.2 Å². The van der Waals surface area contributed by atoms with Crippen LogP contribution in [-0.2, 0) is 0 Å². The second kappa shape index (κ2) is 8.50. The fourth-order valence-corrected chi connectivity index (χ4v) is 4.79. The third-order valence-electron chi connectivity index (χ3n) is 6.29. The molecule has 8 heteroatoms. The standard InChI is InChI=1S/C26H21F3N4O/c1-14-6-4-7-16-15(14)10-11-33(3)25(16)24-18-12-17(20(30-2)13-21(18)31-32-24)23-19(27)8-5-9-22(23)34-26(28)29/h4-9,12-13,15,25-26H,1,10-11H2,3H3,(H,31,32)/i3D3. The van der Waals surface area contributed by atoms with E-state index in [0.717, 1.165) is 17.2 Å². The fourth-order valence-electron chi connectivity index (χ4n) is 4.79. The topological polar surface area (TPSA) is 45.5 Å². The first-order valence-electron chi connectivity index (χ1n) is 12.1. The van der Waals surface area contributed by atoms with Crippen LogP contribution in [0.25, 0.3) is 26.9 Å². The Bertz CT molecular complexity index is 1500. The largest absolute Gasteiger partial charge is 0.434 e. The smallest absolute Gasteiger partial charge is 0.387 e. The lowest BCUT2D eigenvalue weighted by Crippen LogP contribution is -2.37. The van der Waals surface area contributed by atoms with Crippen LogP contribution in [0.1, 0.15) is 22.3 Å². The second-order valence-electron chi connectivity index (χ2n) is 8.16. The van der Waals surface area contributed by atoms with Gasteiger partial charge >= 0.3 is 6.61 Å². The number of aromatic amines is 1. The van der Waals surface area contributed by atoms with E-state index in [1.54, 1.807) is 0 Å². The summed E-state index contributed by atoms with van der Waals surface area (Å²) in [5, 5.41) is 7.69. The molecule has 3 aromatic rings. The molecule has 2 aliphatic rings. The van der Waals surface area contributed by atoms with Gasteiger partial charge in [-0.3, -0.25) is 10.00 Å². The number of ether oxygens (including phenoxy) is 1. The van der Waals surface area contributed by atoms with Crippen molar-refractivity contribution >= 4 is 16.6 Å². The Hall–Kier alpha value is -3.83. The van der Waals surface area contributed by atoms with Crippen LogP contribution < -0.4 is 4.74 Å². The molecule has 2 heterocycles. The Morgan fingerprint density at radius 3 is 3.00 bits per heavy atom. The van der Waals surface area contributed by atoms with Crippen LogP contribution in [0.3, 0.4) is 0 Å². The Labute approximate surface area is 198 Å². The van der Waals surface area contributed by atoms with Crippen molar-refractivity contribution in [1.29, 1.82) is 0 Å². The van der Waals surface area contributed by atoms with Crippen LogP contribution in [0, 0.1) is 18.3 Å². The van der Waals surface area contributed by atoms with Gasteiger partial charge in [-0.1, -0.05) is 36.9 Å². The van der Waals surface area contributed by atoms with Gasteiger partial charge in [-0.25, -0.2) is 9.24 Å². The highest BCUT2D eigenvalue weighted by molar-refractivity contribution is 5.95. The summed E-state index contributed by atoms with van der Waals surface area (Å²) in [6.07, 6.45) is 6.16. The maximum atomic E-state index is 15.0. The molecule has 1 aromatic heterocycles. The van der Waals surface area contributed by atoms with E-state index in [9.17, 15) is 8.78 Å². The zero-order valence-corrected chi connectivity index (χ0v) is 17.9. The van der Waals surface area contributed by atoms with Gasteiger partial charge in [0.15, 0.2) is 5.69 Å². The van der Waals surface area contributed by atoms with Crippen molar-refractivity contribution in [2.75, 3.05) is 13.5 Å². The zero-order valence-electron chi connectivity index (χ0n) is 20.9. The summed E-state index contributed by atoms with van der Waals surface area (Å²) in [6.45, 7) is 6.38. The highest BCUT2D eigenvalue weighted by atomic mass is 19.3. The summed E-state index contributed by atoms with van der Waals surface area (Å²) >= 11 is 0. The van der Waals surface area contributed by atoms with E-state index in [4.69, 9.17) is 10.7 Å². The van der Waals surface area contributed by atoms with Gasteiger partial charge in [0.05, 0.1) is 23.8 Å². The van der Waals surface area contributed by atoms with Crippen LogP contribution in [0.15, 0.2) is 66.3 Å². The summed E-state index contributed by atoms with van der Waals surface area (Å²) in [7, 11) is 0. The molecule has 5 nitrogen and oxygen atoms in total. The molecule has 0 radical (unpaired) electrons. The monoisotopic (exact) mass is 465 g/mol. The number of hydrogen-bond acceptors (Lipinski definition) is 3. The number of likely N-dealkylation sites (N-methyl/N-ethyl adjacent to an activating group) is 1. The molecular formula is C26H21F3N4O. The number of benzene rings is 2. The summed E-state index contributed by atoms with van der Waals surface area (Å²) in [5.74, 6) is -1.32. The molecule has 1 N–H and O–H groups in total. The maximum Gasteiger partial charge on any atom is 0.387 e. The lowest BCUT2D eigenvalue weighted by atomic mass is 9.77. The van der Waals surface area contributed by atoms with Crippen LogP contribution >= 0.6 is 0 Å². The normalized spacial score (nSPS) is 22.0. The quantitative estimate of drug-likeness (QED) is 0.444. The summed E-state index contributed by atoms with van der Waals surface area (Å²) in [4.78, 5) is 4.86. The predicted octanol–water partition coefficient (Wildman–Crippen LogP) is 6.57. The van der Waals surface area contributed by atoms with Crippen molar-refractivity contribution in [2.24, 2.45) is 5.92 Å². The van der Waals surface area contributed by atoms with Gasteiger partial charge in [-0.15, -0.1) is 0 Å². The Morgan fingerprint density at radius 2 is 2.24 bits per heavy atom. The molecule has 5 rings (SSSR count). The minimum absolute atomic E-state index is 0.0165. The number of aromatic nitrogens is 2. The van der Waals surface area contributed by atoms with E-state index in [2.05, 4.69) is 26.4 Å². The lowest BCUT2D eigenvalue weighted by molar-refractivity contribution is -0.0495. The molecular weight excluding hydrogens is 441 g/mol. The van der Waals surface area contributed by atoms with Crippen LogP contribution in [-0.4, -0.2) is 35.2 Å². The molecule has 1 saturated heterocycles. The van der Waals surface area contributed by atoms with Crippen molar-refractivity contribution < 1.29 is 22.0 Å². The molecule has 1 aliphatic heterocycles. The Morgan fingerprint density at radius 1 is 1.38 bits per heavy atom. The summed E-state index contributed by atoms with van der Waals surface area (Å²) in [5.41, 5.74) is 2.22. The van der Waals surface area contributed by atoms with Gasteiger partial charge in [-0.2, -0.15) is 13.9 Å². The van der Waals surface area contributed by atoms with Crippen molar-refractivity contribution in [3.8, 4) is 16.9 Å². The first kappa shape index (κ1) is 18.6. The Kier molecular flexibility index (Phi) is 4.65. The number of H-pyrrole nitrogens is 1. The minimum atomic E-state index is -3.20. The van der Waals surface area contributed by atoms with Gasteiger partial charge in [0, 0.05) is 21.0 Å². The predicted molar refractivity (Wildman–Crippen MR) is 124 cm³/mol. The molecule has 0 amide bonds. The van der Waals surface area contributed by atoms with Gasteiger partial charge in [0.1, 0.15) is 11.6 Å². The van der Waals surface area contributed by atoms with Crippen molar-refractivity contribution in [3.63, 3.8) is 0 Å². The number of likely N-dealkylation sites (tertiary alicyclic amines) is 1. The SMILES string of the molecule is [2H]C([2H])([2H])N1CCC2C(=C)C=CC=C2C1c1[nH]nc2cc([N+]#[C-])c(-c3c(F)cccc3OC(F)F)cc12. The second-order valence-corrected chi connectivity index (χ2v) is 8.16.